The van der Waals surface area contributed by atoms with Crippen LogP contribution in [0.1, 0.15) is 48.1 Å². The fourth-order valence-corrected chi connectivity index (χ4v) is 3.45. The minimum atomic E-state index is -4.97. The van der Waals surface area contributed by atoms with E-state index in [-0.39, 0.29) is 11.6 Å². The van der Waals surface area contributed by atoms with Crippen molar-refractivity contribution in [3.05, 3.63) is 69.1 Å². The first-order valence-corrected chi connectivity index (χ1v) is 10.2. The molecule has 2 aromatic carbocycles. The summed E-state index contributed by atoms with van der Waals surface area (Å²) in [6, 6.07) is 5.05. The van der Waals surface area contributed by atoms with Crippen molar-refractivity contribution >= 4 is 11.7 Å². The van der Waals surface area contributed by atoms with E-state index in [9.17, 15) is 36.0 Å². The summed E-state index contributed by atoms with van der Waals surface area (Å²) >= 11 is 0. The molecule has 0 aromatic heterocycles. The first-order valence-electron chi connectivity index (χ1n) is 10.2. The van der Waals surface area contributed by atoms with Crippen LogP contribution in [-0.2, 0) is 31.7 Å². The van der Waals surface area contributed by atoms with Crippen LogP contribution in [-0.4, -0.2) is 12.1 Å². The van der Waals surface area contributed by atoms with Crippen LogP contribution in [0.5, 0.6) is 0 Å². The zero-order chi connectivity index (χ0) is 24.8. The normalized spacial score (nSPS) is 15.6. The Bertz CT molecular complexity index is 957. The summed E-state index contributed by atoms with van der Waals surface area (Å²) in [6.45, 7) is 3.45. The molecule has 0 fully saturated rings. The molecule has 1 unspecified atom stereocenters. The van der Waals surface area contributed by atoms with Crippen molar-refractivity contribution in [3.63, 3.8) is 0 Å². The number of nitrogens with zero attached hydrogens (tertiary/aromatic N) is 1. The molecular weight excluding hydrogens is 452 g/mol. The van der Waals surface area contributed by atoms with Gasteiger partial charge in [0.25, 0.3) is 0 Å². The lowest BCUT2D eigenvalue weighted by molar-refractivity contribution is -0.143. The monoisotopic (exact) mass is 475 g/mol. The number of rotatable bonds is 4. The molecule has 5 nitrogen and oxygen atoms in total. The molecule has 0 heterocycles. The molecule has 0 radical (unpaired) electrons. The summed E-state index contributed by atoms with van der Waals surface area (Å²) in [7, 11) is 0. The quantitative estimate of drug-likeness (QED) is 0.382. The van der Waals surface area contributed by atoms with E-state index in [2.05, 4.69) is 15.8 Å². The van der Waals surface area contributed by atoms with Crippen LogP contribution in [0.3, 0.4) is 0 Å². The van der Waals surface area contributed by atoms with Gasteiger partial charge in [0.15, 0.2) is 0 Å². The number of amides is 2. The standard InChI is InChI=1S/C20H17F6N3O2.C2H6/c21-19(22,23)13-6-11(7-14(8-13)20(24,25)26)10-27-18(30)28-17-3-1-2-12-4-5-15(29-31)9-16(12)17;1-2/h1-3,6-8,15H,4-5,9-10H2,(H2,27,28,30);1-2H3. The van der Waals surface area contributed by atoms with Gasteiger partial charge in [-0.1, -0.05) is 31.2 Å². The fourth-order valence-electron chi connectivity index (χ4n) is 3.45. The second-order valence-corrected chi connectivity index (χ2v) is 7.17. The number of benzene rings is 2. The molecule has 2 aromatic rings. The van der Waals surface area contributed by atoms with Crippen LogP contribution < -0.4 is 10.6 Å². The van der Waals surface area contributed by atoms with Crippen molar-refractivity contribution in [1.29, 1.82) is 0 Å². The Balaban J connectivity index is 0.00000187. The molecule has 180 valence electrons. The lowest BCUT2D eigenvalue weighted by Crippen LogP contribution is -2.30. The van der Waals surface area contributed by atoms with Gasteiger partial charge in [-0.3, -0.25) is 0 Å². The number of carbonyl (C=O) groups is 1. The number of hydrogen-bond acceptors (Lipinski definition) is 3. The number of hydrogen-bond donors (Lipinski definition) is 2. The highest BCUT2D eigenvalue weighted by molar-refractivity contribution is 5.90. The highest BCUT2D eigenvalue weighted by Gasteiger charge is 2.36. The molecule has 0 saturated heterocycles. The summed E-state index contributed by atoms with van der Waals surface area (Å²) < 4.78 is 77.7. The van der Waals surface area contributed by atoms with Crippen molar-refractivity contribution in [2.24, 2.45) is 5.18 Å². The minimum absolute atomic E-state index is 0.0251. The van der Waals surface area contributed by atoms with Gasteiger partial charge in [-0.2, -0.15) is 31.2 Å². The first-order chi connectivity index (χ1) is 15.5. The van der Waals surface area contributed by atoms with Crippen molar-refractivity contribution in [2.75, 3.05) is 5.32 Å². The molecule has 1 aliphatic rings. The maximum atomic E-state index is 12.9. The predicted octanol–water partition coefficient (Wildman–Crippen LogP) is 6.70. The summed E-state index contributed by atoms with van der Waals surface area (Å²) in [5, 5.41) is 7.84. The van der Waals surface area contributed by atoms with E-state index >= 15 is 0 Å². The van der Waals surface area contributed by atoms with E-state index in [4.69, 9.17) is 0 Å². The maximum Gasteiger partial charge on any atom is 0.416 e. The minimum Gasteiger partial charge on any atom is -0.334 e. The zero-order valence-electron chi connectivity index (χ0n) is 17.9. The smallest absolute Gasteiger partial charge is 0.334 e. The van der Waals surface area contributed by atoms with Crippen molar-refractivity contribution in [2.45, 2.75) is 58.0 Å². The van der Waals surface area contributed by atoms with E-state index in [0.717, 1.165) is 11.1 Å². The summed E-state index contributed by atoms with van der Waals surface area (Å²) in [5.74, 6) is 0. The number of alkyl halides is 6. The number of nitrogens with one attached hydrogen (secondary N) is 2. The largest absolute Gasteiger partial charge is 0.416 e. The third-order valence-corrected chi connectivity index (χ3v) is 4.96. The summed E-state index contributed by atoms with van der Waals surface area (Å²) in [6.07, 6.45) is -8.41. The van der Waals surface area contributed by atoms with Gasteiger partial charge in [-0.05, 0) is 53.8 Å². The Morgan fingerprint density at radius 3 is 2.18 bits per heavy atom. The number of nitroso groups, excluding NO2 is 1. The number of urea groups is 1. The molecule has 1 aliphatic carbocycles. The highest BCUT2D eigenvalue weighted by Crippen LogP contribution is 2.36. The third-order valence-electron chi connectivity index (χ3n) is 4.96. The number of carbonyl (C=O) groups excluding carboxylic acids is 1. The van der Waals surface area contributed by atoms with E-state index < -0.39 is 42.1 Å². The molecule has 2 amide bonds. The van der Waals surface area contributed by atoms with Gasteiger partial charge in [0.1, 0.15) is 0 Å². The first kappa shape index (κ1) is 26.1. The van der Waals surface area contributed by atoms with Crippen molar-refractivity contribution in [1.82, 2.24) is 5.32 Å². The number of fused-ring (bicyclic) bond motifs is 1. The molecule has 11 heteroatoms. The average Bonchev–Trinajstić information content (AvgIpc) is 2.77. The van der Waals surface area contributed by atoms with Crippen LogP contribution in [0.25, 0.3) is 0 Å². The molecule has 0 aliphatic heterocycles. The van der Waals surface area contributed by atoms with Gasteiger partial charge in [0.05, 0.1) is 17.2 Å². The van der Waals surface area contributed by atoms with Gasteiger partial charge in [-0.15, -0.1) is 0 Å². The van der Waals surface area contributed by atoms with Crippen LogP contribution in [0.2, 0.25) is 0 Å². The zero-order valence-corrected chi connectivity index (χ0v) is 17.9. The molecule has 0 saturated carbocycles. The van der Waals surface area contributed by atoms with Crippen LogP contribution in [0.4, 0.5) is 36.8 Å². The van der Waals surface area contributed by atoms with Crippen molar-refractivity contribution in [3.8, 4) is 0 Å². The second-order valence-electron chi connectivity index (χ2n) is 7.17. The van der Waals surface area contributed by atoms with E-state index in [0.29, 0.717) is 37.1 Å². The Morgan fingerprint density at radius 2 is 1.64 bits per heavy atom. The second kappa shape index (κ2) is 10.7. The number of halogens is 6. The van der Waals surface area contributed by atoms with Gasteiger partial charge in [0, 0.05) is 18.7 Å². The van der Waals surface area contributed by atoms with Crippen LogP contribution >= 0.6 is 0 Å². The average molecular weight is 475 g/mol. The van der Waals surface area contributed by atoms with Gasteiger partial charge >= 0.3 is 18.4 Å². The van der Waals surface area contributed by atoms with E-state index in [1.54, 1.807) is 12.1 Å². The third kappa shape index (κ3) is 6.93. The SMILES string of the molecule is CC.O=NC1CCc2cccc(NC(=O)NCc3cc(C(F)(F)F)cc(C(F)(F)F)c3)c2C1. The lowest BCUT2D eigenvalue weighted by Gasteiger charge is -2.22. The van der Waals surface area contributed by atoms with Gasteiger partial charge in [0.2, 0.25) is 0 Å². The molecule has 33 heavy (non-hydrogen) atoms. The van der Waals surface area contributed by atoms with E-state index in [1.165, 1.54) is 0 Å². The molecule has 0 spiro atoms. The van der Waals surface area contributed by atoms with Gasteiger partial charge in [-0.25, -0.2) is 4.79 Å². The molecule has 3 rings (SSSR count). The Hall–Kier alpha value is -3.11. The molecule has 1 atom stereocenters. The van der Waals surface area contributed by atoms with Crippen molar-refractivity contribution < 1.29 is 31.1 Å². The maximum absolute atomic E-state index is 12.9. The molecule has 2 N–H and O–H groups in total. The Morgan fingerprint density at radius 1 is 1.03 bits per heavy atom. The van der Waals surface area contributed by atoms with E-state index in [1.807, 2.05) is 19.9 Å². The topological polar surface area (TPSA) is 70.6 Å². The summed E-state index contributed by atoms with van der Waals surface area (Å²) in [5.41, 5.74) is -1.19. The lowest BCUT2D eigenvalue weighted by atomic mass is 9.87. The Labute approximate surface area is 186 Å². The molecular formula is C22H23F6N3O2. The number of anilines is 1. The molecule has 0 bridgehead atoms. The summed E-state index contributed by atoms with van der Waals surface area (Å²) in [4.78, 5) is 23.1. The highest BCUT2D eigenvalue weighted by atomic mass is 19.4. The van der Waals surface area contributed by atoms with Crippen LogP contribution in [0.15, 0.2) is 41.6 Å². The predicted molar refractivity (Wildman–Crippen MR) is 112 cm³/mol. The van der Waals surface area contributed by atoms with Gasteiger partial charge < -0.3 is 10.6 Å². The number of aryl methyl sites for hydroxylation is 1. The van der Waals surface area contributed by atoms with Crippen LogP contribution in [0, 0.1) is 4.91 Å². The fraction of sp³-hybridized carbons (Fsp3) is 0.409. The Kier molecular flexibility index (Phi) is 8.45.